The van der Waals surface area contributed by atoms with Gasteiger partial charge in [-0.25, -0.2) is 0 Å². The van der Waals surface area contributed by atoms with Crippen molar-refractivity contribution in [1.82, 2.24) is 5.32 Å². The summed E-state index contributed by atoms with van der Waals surface area (Å²) in [6.45, 7) is 15.4. The normalized spacial score (nSPS) is 12.6. The molecule has 0 aromatic heterocycles. The zero-order chi connectivity index (χ0) is 23.9. The fraction of sp³-hybridized carbons (Fsp3) is 0.500. The minimum atomic E-state index is 0.0672. The highest BCUT2D eigenvalue weighted by Gasteiger charge is 2.19. The van der Waals surface area contributed by atoms with Crippen molar-refractivity contribution in [2.24, 2.45) is 0 Å². The predicted octanol–water partition coefficient (Wildman–Crippen LogP) is 7.22. The van der Waals surface area contributed by atoms with E-state index < -0.39 is 0 Å². The quantitative estimate of drug-likeness (QED) is 0.296. The molecule has 3 N–H and O–H groups in total. The van der Waals surface area contributed by atoms with Gasteiger partial charge in [-0.15, -0.1) is 0 Å². The molecule has 0 unspecified atom stereocenters. The van der Waals surface area contributed by atoms with Gasteiger partial charge in [0, 0.05) is 25.2 Å². The molecule has 1 saturated heterocycles. The Hall–Kier alpha value is -2.66. The summed E-state index contributed by atoms with van der Waals surface area (Å²) in [6.07, 6.45) is 7.25. The third-order valence-corrected chi connectivity index (χ3v) is 5.59. The van der Waals surface area contributed by atoms with Gasteiger partial charge < -0.3 is 25.4 Å². The van der Waals surface area contributed by atoms with Crippen LogP contribution in [0.2, 0.25) is 0 Å². The molecule has 2 aromatic carbocycles. The van der Waals surface area contributed by atoms with Gasteiger partial charge in [-0.1, -0.05) is 51.5 Å². The second kappa shape index (κ2) is 15.2. The van der Waals surface area contributed by atoms with Crippen LogP contribution in [0.15, 0.2) is 49.0 Å². The Bertz CT molecular complexity index is 804. The number of hydrogen-bond donors (Lipinski definition) is 3. The number of unbranched alkanes of at least 4 members (excludes halogenated alkanes) is 2. The zero-order valence-electron chi connectivity index (χ0n) is 20.8. The summed E-state index contributed by atoms with van der Waals surface area (Å²) in [5, 5.41) is 16.7. The minimum absolute atomic E-state index is 0.0672. The van der Waals surface area contributed by atoms with E-state index in [9.17, 15) is 5.11 Å². The molecule has 1 aliphatic heterocycles. The van der Waals surface area contributed by atoms with Crippen LogP contribution in [0.5, 0.6) is 11.5 Å². The van der Waals surface area contributed by atoms with E-state index in [-0.39, 0.29) is 5.76 Å². The number of benzene rings is 2. The lowest BCUT2D eigenvalue weighted by atomic mass is 10.1. The molecule has 0 amide bonds. The summed E-state index contributed by atoms with van der Waals surface area (Å²) >= 11 is 0. The van der Waals surface area contributed by atoms with Gasteiger partial charge in [0.15, 0.2) is 5.75 Å². The van der Waals surface area contributed by atoms with Gasteiger partial charge in [0.1, 0.15) is 11.5 Å². The molecule has 0 saturated carbocycles. The number of nitrogens with one attached hydrogen (secondary N) is 2. The van der Waals surface area contributed by atoms with Crippen molar-refractivity contribution < 1.29 is 9.84 Å². The Balaban J connectivity index is 0.000000678. The molecule has 5 nitrogen and oxygen atoms in total. The van der Waals surface area contributed by atoms with E-state index in [1.54, 1.807) is 0 Å². The largest absolute Gasteiger partial charge is 0.508 e. The molecule has 0 bridgehead atoms. The topological polar surface area (TPSA) is 56.8 Å². The molecular weight excluding hydrogens is 410 g/mol. The summed E-state index contributed by atoms with van der Waals surface area (Å²) < 4.78 is 6.35. The Kier molecular flexibility index (Phi) is 12.3. The monoisotopic (exact) mass is 453 g/mol. The molecule has 182 valence electrons. The average molecular weight is 454 g/mol. The van der Waals surface area contributed by atoms with Gasteiger partial charge in [0.25, 0.3) is 0 Å². The van der Waals surface area contributed by atoms with Crippen LogP contribution in [0.4, 0.5) is 11.4 Å². The van der Waals surface area contributed by atoms with Crippen molar-refractivity contribution in [2.75, 3.05) is 42.9 Å². The standard InChI is InChI=1S/C24H34N2O2.C4H9N/c1-5-8-15-26(16-9-6-2)23-18-20(19(4)27)17-22(25-7-3)24(23)28-21-13-11-10-12-14-21;1-2-4-5-3-1/h10-14,17-18,25,27H,4-9,15-16H2,1-3H3;5H,1-4H2. The van der Waals surface area contributed by atoms with Crippen LogP contribution in [0.25, 0.3) is 5.76 Å². The Morgan fingerprint density at radius 1 is 1.03 bits per heavy atom. The van der Waals surface area contributed by atoms with Crippen molar-refractivity contribution >= 4 is 17.1 Å². The fourth-order valence-electron chi connectivity index (χ4n) is 3.73. The average Bonchev–Trinajstić information content (AvgIpc) is 3.41. The molecule has 1 fully saturated rings. The number of para-hydroxylation sites is 1. The predicted molar refractivity (Wildman–Crippen MR) is 143 cm³/mol. The van der Waals surface area contributed by atoms with Crippen LogP contribution >= 0.6 is 0 Å². The molecule has 0 atom stereocenters. The molecule has 0 radical (unpaired) electrons. The van der Waals surface area contributed by atoms with Gasteiger partial charge >= 0.3 is 0 Å². The van der Waals surface area contributed by atoms with E-state index in [4.69, 9.17) is 4.74 Å². The highest BCUT2D eigenvalue weighted by Crippen LogP contribution is 2.41. The van der Waals surface area contributed by atoms with Crippen LogP contribution in [-0.2, 0) is 0 Å². The lowest BCUT2D eigenvalue weighted by Gasteiger charge is -2.29. The number of ether oxygens (including phenoxy) is 1. The third kappa shape index (κ3) is 9.01. The second-order valence-electron chi connectivity index (χ2n) is 8.42. The van der Waals surface area contributed by atoms with E-state index in [0.29, 0.717) is 5.56 Å². The number of rotatable bonds is 12. The molecule has 0 aliphatic carbocycles. The smallest absolute Gasteiger partial charge is 0.173 e. The Morgan fingerprint density at radius 3 is 2.15 bits per heavy atom. The van der Waals surface area contributed by atoms with Crippen LogP contribution in [-0.4, -0.2) is 37.8 Å². The molecule has 2 aromatic rings. The van der Waals surface area contributed by atoms with Crippen molar-refractivity contribution in [3.05, 3.63) is 54.6 Å². The molecule has 1 aliphatic rings. The highest BCUT2D eigenvalue weighted by atomic mass is 16.5. The van der Waals surface area contributed by atoms with E-state index in [1.165, 1.54) is 25.9 Å². The van der Waals surface area contributed by atoms with Crippen LogP contribution in [0, 0.1) is 0 Å². The number of nitrogens with zero attached hydrogens (tertiary/aromatic N) is 1. The van der Waals surface area contributed by atoms with Crippen molar-refractivity contribution in [3.8, 4) is 11.5 Å². The summed E-state index contributed by atoms with van der Waals surface area (Å²) in [7, 11) is 0. The number of aliphatic hydroxyl groups excluding tert-OH is 1. The molecule has 1 heterocycles. The van der Waals surface area contributed by atoms with E-state index >= 15 is 0 Å². The SMILES string of the molecule is C1CCNC1.C=C(O)c1cc(NCC)c(Oc2ccccc2)c(N(CCCC)CCCC)c1. The summed E-state index contributed by atoms with van der Waals surface area (Å²) in [6, 6.07) is 13.7. The maximum absolute atomic E-state index is 10.1. The van der Waals surface area contributed by atoms with E-state index in [2.05, 4.69) is 42.9 Å². The zero-order valence-corrected chi connectivity index (χ0v) is 20.8. The van der Waals surface area contributed by atoms with Crippen molar-refractivity contribution in [1.29, 1.82) is 0 Å². The lowest BCUT2D eigenvalue weighted by Crippen LogP contribution is -2.26. The van der Waals surface area contributed by atoms with Gasteiger partial charge in [0.2, 0.25) is 0 Å². The first-order valence-electron chi connectivity index (χ1n) is 12.6. The van der Waals surface area contributed by atoms with Crippen LogP contribution in [0.3, 0.4) is 0 Å². The molecule has 33 heavy (non-hydrogen) atoms. The van der Waals surface area contributed by atoms with Gasteiger partial charge in [-0.2, -0.15) is 0 Å². The minimum Gasteiger partial charge on any atom is -0.508 e. The fourth-order valence-corrected chi connectivity index (χ4v) is 3.73. The summed E-state index contributed by atoms with van der Waals surface area (Å²) in [5.41, 5.74) is 2.57. The maximum Gasteiger partial charge on any atom is 0.173 e. The Labute approximate surface area is 200 Å². The Morgan fingerprint density at radius 2 is 1.67 bits per heavy atom. The molecule has 5 heteroatoms. The summed E-state index contributed by atoms with van der Waals surface area (Å²) in [4.78, 5) is 2.37. The van der Waals surface area contributed by atoms with E-state index in [1.807, 2.05) is 42.5 Å². The number of aliphatic hydroxyl groups is 1. The third-order valence-electron chi connectivity index (χ3n) is 5.59. The number of anilines is 2. The maximum atomic E-state index is 10.1. The lowest BCUT2D eigenvalue weighted by molar-refractivity contribution is 0.481. The van der Waals surface area contributed by atoms with Gasteiger partial charge in [0.05, 0.1) is 11.4 Å². The molecular formula is C28H43N3O2. The van der Waals surface area contributed by atoms with Crippen LogP contribution in [0.1, 0.15) is 64.9 Å². The van der Waals surface area contributed by atoms with Crippen LogP contribution < -0.4 is 20.3 Å². The highest BCUT2D eigenvalue weighted by molar-refractivity contribution is 5.79. The first-order chi connectivity index (χ1) is 16.1. The van der Waals surface area contributed by atoms with E-state index in [0.717, 1.165) is 68.2 Å². The molecule has 3 rings (SSSR count). The second-order valence-corrected chi connectivity index (χ2v) is 8.42. The first-order valence-corrected chi connectivity index (χ1v) is 12.6. The molecule has 0 spiro atoms. The number of hydrogen-bond acceptors (Lipinski definition) is 5. The van der Waals surface area contributed by atoms with Crippen molar-refractivity contribution in [3.63, 3.8) is 0 Å². The first kappa shape index (κ1) is 26.6. The van der Waals surface area contributed by atoms with Crippen molar-refractivity contribution in [2.45, 2.75) is 59.3 Å². The van der Waals surface area contributed by atoms with Gasteiger partial charge in [-0.3, -0.25) is 0 Å². The van der Waals surface area contributed by atoms with Gasteiger partial charge in [-0.05, 0) is 70.0 Å². The summed E-state index contributed by atoms with van der Waals surface area (Å²) in [5.74, 6) is 1.66.